The highest BCUT2D eigenvalue weighted by Crippen LogP contribution is 2.33. The molecule has 0 saturated carbocycles. The van der Waals surface area contributed by atoms with Gasteiger partial charge in [-0.1, -0.05) is 151 Å². The van der Waals surface area contributed by atoms with Crippen molar-refractivity contribution in [2.75, 3.05) is 53.4 Å². The van der Waals surface area contributed by atoms with E-state index in [2.05, 4.69) is 26.6 Å². The van der Waals surface area contributed by atoms with Crippen molar-refractivity contribution in [1.29, 1.82) is 0 Å². The molecule has 2 aliphatic rings. The topological polar surface area (TPSA) is 210 Å². The summed E-state index contributed by atoms with van der Waals surface area (Å²) in [4.78, 5) is 121. The van der Waals surface area contributed by atoms with Gasteiger partial charge in [-0.05, 0) is 118 Å². The number of amides is 7. The molecule has 5 aromatic carbocycles. The largest absolute Gasteiger partial charge is 0.347 e. The second-order valence-electron chi connectivity index (χ2n) is 25.3. The van der Waals surface area contributed by atoms with Crippen molar-refractivity contribution in [2.24, 2.45) is 16.7 Å². The minimum absolute atomic E-state index is 0.0815. The molecule has 0 radical (unpaired) electrons. The summed E-state index contributed by atoms with van der Waals surface area (Å²) in [5, 5.41) is 15.1. The maximum Gasteiger partial charge on any atom is 0.253 e. The minimum atomic E-state index is -0.933. The number of nitrogens with zero attached hydrogens (tertiary/aromatic N) is 4. The summed E-state index contributed by atoms with van der Waals surface area (Å²) >= 11 is 0. The highest BCUT2D eigenvalue weighted by molar-refractivity contribution is 6.00. The van der Waals surface area contributed by atoms with E-state index >= 15 is 4.79 Å². The van der Waals surface area contributed by atoms with Crippen LogP contribution < -0.4 is 26.6 Å². The van der Waals surface area contributed by atoms with Gasteiger partial charge in [-0.2, -0.15) is 0 Å². The number of likely N-dealkylation sites (tertiary alicyclic amines) is 2. The molecule has 2 aliphatic heterocycles. The van der Waals surface area contributed by atoms with E-state index in [1.165, 1.54) is 0 Å². The van der Waals surface area contributed by atoms with Crippen LogP contribution >= 0.6 is 0 Å². The quantitative estimate of drug-likeness (QED) is 0.0371. The minimum Gasteiger partial charge on any atom is -0.347 e. The third-order valence-corrected chi connectivity index (χ3v) is 16.7. The average molecular weight is 1170 g/mol. The van der Waals surface area contributed by atoms with Crippen LogP contribution in [-0.2, 0) is 32.0 Å². The number of hydrogen-bond donors (Lipinski definition) is 5. The molecule has 8 atom stereocenters. The van der Waals surface area contributed by atoms with Crippen LogP contribution in [-0.4, -0.2) is 162 Å². The van der Waals surface area contributed by atoms with Crippen LogP contribution in [0.1, 0.15) is 127 Å². The Morgan fingerprint density at radius 1 is 0.500 bits per heavy atom. The zero-order valence-electron chi connectivity index (χ0n) is 51.8. The summed E-state index contributed by atoms with van der Waals surface area (Å²) in [6.07, 6.45) is 1.98. The van der Waals surface area contributed by atoms with Gasteiger partial charge in [-0.25, -0.2) is 0 Å². The SMILES string of the molecule is CN[C@@H](C)C(=O)N[C@H](C(=O)N1C[C@@H](CC(=O)c2ccc(C(=O)N[C@H]3C[C@@H](CN(CCc4ccccc4)C(=O)c4ccccc4)N(C(=O)[C@@H](NC(=O)[C@H](C)NC)C(C)(C)C)C3)cc2)C[C@H]1CN(CCc1ccccc1)C(=O)c1ccccc1)C(C)(C)C. The fourth-order valence-electron chi connectivity index (χ4n) is 11.4. The van der Waals surface area contributed by atoms with Gasteiger partial charge in [0, 0.05) is 80.0 Å². The van der Waals surface area contributed by atoms with Crippen LogP contribution in [0.15, 0.2) is 146 Å². The number of likely N-dealkylation sites (N-methyl/N-ethyl adjacent to an activating group) is 2. The summed E-state index contributed by atoms with van der Waals surface area (Å²) in [5.41, 5.74) is 2.41. The molecular formula is C69H89N9O8. The molecule has 5 N–H and O–H groups in total. The Kier molecular flexibility index (Phi) is 22.8. The van der Waals surface area contributed by atoms with Crippen molar-refractivity contribution in [2.45, 2.75) is 130 Å². The van der Waals surface area contributed by atoms with Crippen LogP contribution in [0.25, 0.3) is 0 Å². The first-order valence-electron chi connectivity index (χ1n) is 30.2. The predicted octanol–water partition coefficient (Wildman–Crippen LogP) is 7.22. The van der Waals surface area contributed by atoms with Gasteiger partial charge in [0.2, 0.25) is 23.6 Å². The second kappa shape index (κ2) is 29.9. The Balaban J connectivity index is 1.10. The van der Waals surface area contributed by atoms with Crippen LogP contribution in [0.3, 0.4) is 0 Å². The molecule has 17 nitrogen and oxygen atoms in total. The third kappa shape index (κ3) is 17.6. The smallest absolute Gasteiger partial charge is 0.253 e. The molecule has 0 unspecified atom stereocenters. The standard InChI is InChI=1S/C69H89N9O8/c1-46(70-9)61(80)73-59(68(3,4)5)66(85)77-42-50(39-56(77)44-75(37-35-48-23-15-11-16-24-48)64(83)53-27-19-13-20-28-53)40-58(79)51-31-33-52(34-32-51)63(82)72-55-41-57(78(43-55)67(86)60(69(6,7)8)74-62(81)47(2)71-10)45-76(38-36-49-25-17-12-18-26-49)65(84)54-29-21-14-22-30-54/h11-34,46-47,50,55-57,59-60,70-71H,35-45H2,1-10H3,(H,72,82)(H,73,80)(H,74,81)/t46-,47-,50+,55-,56-,57-,59+,60+/m0/s1. The Hall–Kier alpha value is -8.02. The molecule has 0 spiro atoms. The van der Waals surface area contributed by atoms with E-state index in [4.69, 9.17) is 0 Å². The number of hydrogen-bond acceptors (Lipinski definition) is 10. The van der Waals surface area contributed by atoms with Crippen LogP contribution in [0.2, 0.25) is 0 Å². The van der Waals surface area contributed by atoms with Gasteiger partial charge in [-0.15, -0.1) is 0 Å². The highest BCUT2D eigenvalue weighted by atomic mass is 16.2. The van der Waals surface area contributed by atoms with E-state index in [9.17, 15) is 33.6 Å². The predicted molar refractivity (Wildman–Crippen MR) is 335 cm³/mol. The zero-order valence-corrected chi connectivity index (χ0v) is 51.8. The van der Waals surface area contributed by atoms with Crippen molar-refractivity contribution >= 4 is 47.1 Å². The number of rotatable bonds is 25. The molecule has 2 fully saturated rings. The summed E-state index contributed by atoms with van der Waals surface area (Å²) in [6, 6.07) is 39.8. The van der Waals surface area contributed by atoms with Crippen molar-refractivity contribution in [3.05, 3.63) is 179 Å². The maximum absolute atomic E-state index is 15.0. The average Bonchev–Trinajstić information content (AvgIpc) is 2.06. The first kappa shape index (κ1) is 65.5. The molecule has 0 bridgehead atoms. The van der Waals surface area contributed by atoms with E-state index in [0.29, 0.717) is 61.0 Å². The fraction of sp³-hybridized carbons (Fsp3) is 0.449. The lowest BCUT2D eigenvalue weighted by atomic mass is 9.85. The highest BCUT2D eigenvalue weighted by Gasteiger charge is 2.46. The van der Waals surface area contributed by atoms with Crippen LogP contribution in [0, 0.1) is 16.7 Å². The van der Waals surface area contributed by atoms with E-state index < -0.39 is 59.0 Å². The lowest BCUT2D eigenvalue weighted by molar-refractivity contribution is -0.141. The van der Waals surface area contributed by atoms with Crippen molar-refractivity contribution in [1.82, 2.24) is 46.2 Å². The summed E-state index contributed by atoms with van der Waals surface area (Å²) in [6.45, 7) is 16.3. The van der Waals surface area contributed by atoms with Crippen LogP contribution in [0.5, 0.6) is 0 Å². The van der Waals surface area contributed by atoms with Crippen molar-refractivity contribution < 1.29 is 38.4 Å². The van der Waals surface area contributed by atoms with Crippen molar-refractivity contribution in [3.8, 4) is 0 Å². The zero-order chi connectivity index (χ0) is 62.3. The summed E-state index contributed by atoms with van der Waals surface area (Å²) in [7, 11) is 3.35. The Morgan fingerprint density at radius 2 is 0.884 bits per heavy atom. The normalized spacial score (nSPS) is 18.3. The van der Waals surface area contributed by atoms with Crippen molar-refractivity contribution in [3.63, 3.8) is 0 Å². The van der Waals surface area contributed by atoms with Gasteiger partial charge in [0.25, 0.3) is 17.7 Å². The molecule has 2 heterocycles. The number of Topliss-reactive ketones (excluding diaryl/α,β-unsaturated/α-hetero) is 1. The summed E-state index contributed by atoms with van der Waals surface area (Å²) in [5.74, 6) is -2.53. The first-order chi connectivity index (χ1) is 40.9. The van der Waals surface area contributed by atoms with Gasteiger partial charge >= 0.3 is 0 Å². The lowest BCUT2D eigenvalue weighted by Crippen LogP contribution is -2.59. The maximum atomic E-state index is 15.0. The number of carbonyl (C=O) groups is 8. The molecule has 0 aromatic heterocycles. The van der Waals surface area contributed by atoms with E-state index in [-0.39, 0.29) is 79.7 Å². The van der Waals surface area contributed by atoms with Gasteiger partial charge < -0.3 is 46.2 Å². The fourth-order valence-corrected chi connectivity index (χ4v) is 11.4. The van der Waals surface area contributed by atoms with Gasteiger partial charge in [0.05, 0.1) is 18.1 Å². The molecule has 458 valence electrons. The molecule has 5 aromatic rings. The monoisotopic (exact) mass is 1170 g/mol. The second-order valence-corrected chi connectivity index (χ2v) is 25.3. The molecule has 17 heteroatoms. The number of ketones is 1. The van der Waals surface area contributed by atoms with E-state index in [1.807, 2.05) is 139 Å². The molecule has 86 heavy (non-hydrogen) atoms. The van der Waals surface area contributed by atoms with E-state index in [0.717, 1.165) is 11.1 Å². The Labute approximate surface area is 508 Å². The van der Waals surface area contributed by atoms with Gasteiger partial charge in [0.15, 0.2) is 5.78 Å². The number of nitrogens with one attached hydrogen (secondary N) is 5. The Bertz CT molecular complexity index is 2890. The summed E-state index contributed by atoms with van der Waals surface area (Å²) < 4.78 is 0. The van der Waals surface area contributed by atoms with Gasteiger partial charge in [-0.3, -0.25) is 38.4 Å². The Morgan fingerprint density at radius 3 is 1.29 bits per heavy atom. The first-order valence-corrected chi connectivity index (χ1v) is 30.2. The molecule has 7 rings (SSSR count). The third-order valence-electron chi connectivity index (χ3n) is 16.7. The van der Waals surface area contributed by atoms with E-state index in [1.54, 1.807) is 96.1 Å². The van der Waals surface area contributed by atoms with Crippen LogP contribution in [0.4, 0.5) is 0 Å². The molecule has 7 amide bonds. The number of benzene rings is 5. The molecular weight excluding hydrogens is 1080 g/mol. The number of carbonyl (C=O) groups excluding carboxylic acids is 8. The molecule has 0 aliphatic carbocycles. The van der Waals surface area contributed by atoms with Gasteiger partial charge in [0.1, 0.15) is 12.1 Å². The lowest BCUT2D eigenvalue weighted by Gasteiger charge is -2.37. The molecule has 2 saturated heterocycles.